The van der Waals surface area contributed by atoms with Gasteiger partial charge in [-0.05, 0) is 36.4 Å². The number of likely N-dealkylation sites (tertiary alicyclic amines) is 1. The number of halogens is 2. The Morgan fingerprint density at radius 3 is 2.21 bits per heavy atom. The molecule has 29 heavy (non-hydrogen) atoms. The normalized spacial score (nSPS) is 22.9. The molecule has 2 saturated heterocycles. The van der Waals surface area contributed by atoms with Gasteiger partial charge >= 0.3 is 0 Å². The Bertz CT molecular complexity index is 897. The van der Waals surface area contributed by atoms with E-state index >= 15 is 0 Å². The zero-order valence-electron chi connectivity index (χ0n) is 15.6. The van der Waals surface area contributed by atoms with Gasteiger partial charge in [-0.1, -0.05) is 23.2 Å². The average molecular weight is 454 g/mol. The largest absolute Gasteiger partial charge is 0.390 e. The summed E-state index contributed by atoms with van der Waals surface area (Å²) >= 11 is 13.1. The number of rotatable bonds is 3. The number of aliphatic hydroxyl groups is 1. The first-order valence-electron chi connectivity index (χ1n) is 9.44. The van der Waals surface area contributed by atoms with Crippen LogP contribution in [0.3, 0.4) is 0 Å². The summed E-state index contributed by atoms with van der Waals surface area (Å²) in [5.74, 6) is -0.111. The molecule has 6 nitrogen and oxygen atoms in total. The zero-order chi connectivity index (χ0) is 20.5. The molecule has 2 fully saturated rings. The van der Waals surface area contributed by atoms with Crippen LogP contribution in [0.2, 0.25) is 9.36 Å². The molecule has 1 N–H and O–H groups in total. The third-order valence-corrected chi connectivity index (χ3v) is 6.96. The maximum Gasteiger partial charge on any atom is 0.264 e. The number of benzene rings is 1. The Morgan fingerprint density at radius 1 is 0.897 bits per heavy atom. The minimum absolute atomic E-state index is 0.0142. The van der Waals surface area contributed by atoms with Gasteiger partial charge in [0.2, 0.25) is 0 Å². The van der Waals surface area contributed by atoms with Crippen LogP contribution in [0.4, 0.5) is 0 Å². The van der Waals surface area contributed by atoms with Crippen LogP contribution >= 0.6 is 34.5 Å². The van der Waals surface area contributed by atoms with Gasteiger partial charge in [0.05, 0.1) is 21.4 Å². The van der Waals surface area contributed by atoms with E-state index in [2.05, 4.69) is 4.90 Å². The van der Waals surface area contributed by atoms with Crippen molar-refractivity contribution in [2.45, 2.75) is 12.1 Å². The van der Waals surface area contributed by atoms with Gasteiger partial charge in [-0.3, -0.25) is 14.5 Å². The van der Waals surface area contributed by atoms with E-state index in [1.807, 2.05) is 4.90 Å². The molecular formula is C20H21Cl2N3O3S. The van der Waals surface area contributed by atoms with Crippen molar-refractivity contribution in [3.05, 3.63) is 56.2 Å². The van der Waals surface area contributed by atoms with Crippen molar-refractivity contribution in [3.63, 3.8) is 0 Å². The van der Waals surface area contributed by atoms with Crippen molar-refractivity contribution in [1.82, 2.24) is 14.7 Å². The van der Waals surface area contributed by atoms with Gasteiger partial charge in [0, 0.05) is 49.9 Å². The summed E-state index contributed by atoms with van der Waals surface area (Å²) in [6, 6.07) is 10.2. The molecule has 1 aromatic carbocycles. The lowest BCUT2D eigenvalue weighted by atomic mass is 10.1. The van der Waals surface area contributed by atoms with E-state index in [0.717, 1.165) is 0 Å². The van der Waals surface area contributed by atoms with Crippen LogP contribution in [0.5, 0.6) is 0 Å². The van der Waals surface area contributed by atoms with Crippen molar-refractivity contribution < 1.29 is 14.7 Å². The third-order valence-electron chi connectivity index (χ3n) is 5.49. The van der Waals surface area contributed by atoms with E-state index in [0.29, 0.717) is 59.1 Å². The summed E-state index contributed by atoms with van der Waals surface area (Å²) in [7, 11) is 0. The molecule has 0 saturated carbocycles. The Balaban J connectivity index is 1.34. The molecule has 2 unspecified atom stereocenters. The van der Waals surface area contributed by atoms with Crippen molar-refractivity contribution in [1.29, 1.82) is 0 Å². The molecule has 0 radical (unpaired) electrons. The fourth-order valence-electron chi connectivity index (χ4n) is 3.91. The lowest BCUT2D eigenvalue weighted by Crippen LogP contribution is -2.54. The molecule has 2 amide bonds. The number of piperazine rings is 1. The lowest BCUT2D eigenvalue weighted by Gasteiger charge is -2.38. The van der Waals surface area contributed by atoms with Crippen LogP contribution < -0.4 is 0 Å². The first-order chi connectivity index (χ1) is 13.9. The summed E-state index contributed by atoms with van der Waals surface area (Å²) in [5, 5.41) is 11.1. The second-order valence-electron chi connectivity index (χ2n) is 7.28. The minimum atomic E-state index is -0.604. The SMILES string of the molecule is O=C(c1ccc(Cl)cc1)N1CCN(C2CN(C(=O)c3ccc(Cl)s3)CC2O)CC1. The van der Waals surface area contributed by atoms with Crippen LogP contribution in [-0.2, 0) is 0 Å². The van der Waals surface area contributed by atoms with Crippen LogP contribution in [-0.4, -0.2) is 83.0 Å². The highest BCUT2D eigenvalue weighted by molar-refractivity contribution is 7.17. The number of aliphatic hydroxyl groups excluding tert-OH is 1. The van der Waals surface area contributed by atoms with E-state index in [4.69, 9.17) is 23.2 Å². The molecular weight excluding hydrogens is 433 g/mol. The van der Waals surface area contributed by atoms with Crippen molar-refractivity contribution >= 4 is 46.4 Å². The third kappa shape index (κ3) is 4.44. The molecule has 154 valence electrons. The molecule has 2 aromatic rings. The Hall–Kier alpha value is -1.64. The number of amides is 2. The molecule has 0 spiro atoms. The quantitative estimate of drug-likeness (QED) is 0.775. The Labute approximate surface area is 183 Å². The first-order valence-corrected chi connectivity index (χ1v) is 11.0. The fraction of sp³-hybridized carbons (Fsp3) is 0.400. The number of nitrogens with zero attached hydrogens (tertiary/aromatic N) is 3. The van der Waals surface area contributed by atoms with Crippen LogP contribution in [0.25, 0.3) is 0 Å². The molecule has 2 aliphatic heterocycles. The van der Waals surface area contributed by atoms with E-state index in [1.165, 1.54) is 11.3 Å². The number of carbonyl (C=O) groups is 2. The lowest BCUT2D eigenvalue weighted by molar-refractivity contribution is 0.0376. The van der Waals surface area contributed by atoms with E-state index in [1.54, 1.807) is 41.3 Å². The molecule has 2 atom stereocenters. The highest BCUT2D eigenvalue weighted by Gasteiger charge is 2.39. The number of hydrogen-bond acceptors (Lipinski definition) is 5. The Morgan fingerprint density at radius 2 is 1.59 bits per heavy atom. The fourth-order valence-corrected chi connectivity index (χ4v) is 5.05. The molecule has 4 rings (SSSR count). The maximum absolute atomic E-state index is 12.7. The van der Waals surface area contributed by atoms with Gasteiger partial charge in [-0.25, -0.2) is 0 Å². The average Bonchev–Trinajstić information content (AvgIpc) is 3.33. The highest BCUT2D eigenvalue weighted by atomic mass is 35.5. The predicted octanol–water partition coefficient (Wildman–Crippen LogP) is 2.70. The number of thiophene rings is 1. The van der Waals surface area contributed by atoms with E-state index in [9.17, 15) is 14.7 Å². The summed E-state index contributed by atoms with van der Waals surface area (Å²) < 4.78 is 0.575. The summed E-state index contributed by atoms with van der Waals surface area (Å²) in [5.41, 5.74) is 0.620. The molecule has 9 heteroatoms. The summed E-state index contributed by atoms with van der Waals surface area (Å²) in [4.78, 5) is 31.6. The first kappa shape index (κ1) is 20.6. The van der Waals surface area contributed by atoms with E-state index < -0.39 is 6.10 Å². The maximum atomic E-state index is 12.7. The predicted molar refractivity (Wildman–Crippen MR) is 114 cm³/mol. The monoisotopic (exact) mass is 453 g/mol. The molecule has 0 aliphatic carbocycles. The standard InChI is InChI=1S/C20H21Cl2N3O3S/c21-14-3-1-13(2-4-14)19(27)24-9-7-23(8-10-24)15-11-25(12-16(15)26)20(28)17-5-6-18(22)29-17/h1-6,15-16,26H,7-12H2. The highest BCUT2D eigenvalue weighted by Crippen LogP contribution is 2.26. The van der Waals surface area contributed by atoms with Crippen LogP contribution in [0, 0.1) is 0 Å². The number of β-amino-alcohol motifs (C(OH)–C–C–N with tert-alkyl or cyclic N) is 1. The molecule has 3 heterocycles. The van der Waals surface area contributed by atoms with Crippen molar-refractivity contribution in [3.8, 4) is 0 Å². The van der Waals surface area contributed by atoms with Gasteiger partial charge < -0.3 is 14.9 Å². The zero-order valence-corrected chi connectivity index (χ0v) is 18.0. The van der Waals surface area contributed by atoms with Crippen LogP contribution in [0.1, 0.15) is 20.0 Å². The van der Waals surface area contributed by atoms with Gasteiger partial charge in [0.25, 0.3) is 11.8 Å². The van der Waals surface area contributed by atoms with Gasteiger partial charge in [-0.2, -0.15) is 0 Å². The van der Waals surface area contributed by atoms with Gasteiger partial charge in [0.15, 0.2) is 0 Å². The smallest absolute Gasteiger partial charge is 0.264 e. The second kappa shape index (κ2) is 8.62. The topological polar surface area (TPSA) is 64.1 Å². The van der Waals surface area contributed by atoms with Gasteiger partial charge in [-0.15, -0.1) is 11.3 Å². The van der Waals surface area contributed by atoms with Crippen LogP contribution in [0.15, 0.2) is 36.4 Å². The number of carbonyl (C=O) groups excluding carboxylic acids is 2. The molecule has 1 aromatic heterocycles. The van der Waals surface area contributed by atoms with E-state index in [-0.39, 0.29) is 17.9 Å². The van der Waals surface area contributed by atoms with Gasteiger partial charge in [0.1, 0.15) is 0 Å². The summed E-state index contributed by atoms with van der Waals surface area (Å²) in [6.45, 7) is 3.27. The Kier molecular flexibility index (Phi) is 6.13. The van der Waals surface area contributed by atoms with Crippen molar-refractivity contribution in [2.24, 2.45) is 0 Å². The van der Waals surface area contributed by atoms with Crippen molar-refractivity contribution in [2.75, 3.05) is 39.3 Å². The number of hydrogen-bond donors (Lipinski definition) is 1. The minimum Gasteiger partial charge on any atom is -0.390 e. The molecule has 0 bridgehead atoms. The second-order valence-corrected chi connectivity index (χ2v) is 9.44. The molecule has 2 aliphatic rings. The summed E-state index contributed by atoms with van der Waals surface area (Å²) in [6.07, 6.45) is -0.604.